The van der Waals surface area contributed by atoms with Crippen LogP contribution in [0.15, 0.2) is 30.5 Å². The lowest BCUT2D eigenvalue weighted by molar-refractivity contribution is -0.146. The number of nitrogens with zero attached hydrogens (tertiary/aromatic N) is 1. The lowest BCUT2D eigenvalue weighted by Crippen LogP contribution is -2.58. The van der Waals surface area contributed by atoms with Gasteiger partial charge in [0, 0.05) is 23.6 Å². The van der Waals surface area contributed by atoms with Crippen molar-refractivity contribution in [2.75, 3.05) is 6.54 Å². The van der Waals surface area contributed by atoms with E-state index in [1.54, 1.807) is 6.92 Å². The highest BCUT2D eigenvalue weighted by Crippen LogP contribution is 2.22. The van der Waals surface area contributed by atoms with E-state index in [1.807, 2.05) is 51.2 Å². The molecular formula is C27H39N5O5. The molecule has 0 spiro atoms. The molecule has 5 atom stereocenters. The van der Waals surface area contributed by atoms with Crippen molar-refractivity contribution in [3.63, 3.8) is 0 Å². The number of carbonyl (C=O) groups is 4. The summed E-state index contributed by atoms with van der Waals surface area (Å²) in [5.41, 5.74) is 8.10. The molecule has 6 N–H and O–H groups in total. The van der Waals surface area contributed by atoms with E-state index < -0.39 is 42.0 Å². The molecule has 5 unspecified atom stereocenters. The number of rotatable bonds is 11. The number of fused-ring (bicyclic) bond motifs is 1. The summed E-state index contributed by atoms with van der Waals surface area (Å²) in [7, 11) is 0. The third kappa shape index (κ3) is 6.49. The zero-order chi connectivity index (χ0) is 27.3. The van der Waals surface area contributed by atoms with Gasteiger partial charge in [-0.1, -0.05) is 52.3 Å². The summed E-state index contributed by atoms with van der Waals surface area (Å²) in [5, 5.41) is 16.0. The van der Waals surface area contributed by atoms with E-state index in [1.165, 1.54) is 4.90 Å². The molecule has 0 saturated carbocycles. The number of benzene rings is 1. The highest BCUT2D eigenvalue weighted by molar-refractivity contribution is 5.95. The van der Waals surface area contributed by atoms with Crippen molar-refractivity contribution < 1.29 is 24.3 Å². The predicted octanol–water partition coefficient (Wildman–Crippen LogP) is 1.79. The minimum atomic E-state index is -1.10. The fourth-order valence-electron chi connectivity index (χ4n) is 4.82. The smallest absolute Gasteiger partial charge is 0.326 e. The number of aromatic nitrogens is 1. The number of nitrogens with two attached hydrogens (primary N) is 1. The fraction of sp³-hybridized carbons (Fsp3) is 0.556. The maximum atomic E-state index is 13.5. The number of H-pyrrole nitrogens is 1. The SMILES string of the molecule is CCC(C)C(NC(=O)C1CCCN1C(=O)C(NC(=O)C(N)Cc1c[nH]c2ccccc12)C(C)C)C(=O)O. The molecule has 37 heavy (non-hydrogen) atoms. The quantitative estimate of drug-likeness (QED) is 0.308. The van der Waals surface area contributed by atoms with Crippen LogP contribution in [0.25, 0.3) is 10.9 Å². The van der Waals surface area contributed by atoms with Gasteiger partial charge in [0.25, 0.3) is 0 Å². The van der Waals surface area contributed by atoms with Gasteiger partial charge >= 0.3 is 5.97 Å². The zero-order valence-corrected chi connectivity index (χ0v) is 22.0. The van der Waals surface area contributed by atoms with Crippen molar-refractivity contribution in [2.45, 2.75) is 77.5 Å². The van der Waals surface area contributed by atoms with Crippen molar-refractivity contribution in [3.8, 4) is 0 Å². The van der Waals surface area contributed by atoms with Gasteiger partial charge in [0.2, 0.25) is 17.7 Å². The molecule has 0 radical (unpaired) electrons. The molecule has 2 aromatic rings. The third-order valence-electron chi connectivity index (χ3n) is 7.30. The Kier molecular flexibility index (Phi) is 9.31. The fourth-order valence-corrected chi connectivity index (χ4v) is 4.82. The van der Waals surface area contributed by atoms with Gasteiger partial charge in [0.05, 0.1) is 6.04 Å². The number of hydrogen-bond acceptors (Lipinski definition) is 5. The summed E-state index contributed by atoms with van der Waals surface area (Å²) in [6.07, 6.45) is 3.77. The molecule has 10 heteroatoms. The van der Waals surface area contributed by atoms with Crippen LogP contribution in [0, 0.1) is 11.8 Å². The summed E-state index contributed by atoms with van der Waals surface area (Å²) in [5.74, 6) is -2.89. The zero-order valence-electron chi connectivity index (χ0n) is 22.0. The lowest BCUT2D eigenvalue weighted by Gasteiger charge is -2.32. The molecule has 1 saturated heterocycles. The van der Waals surface area contributed by atoms with Crippen molar-refractivity contribution in [3.05, 3.63) is 36.0 Å². The van der Waals surface area contributed by atoms with Crippen LogP contribution in [-0.2, 0) is 25.6 Å². The highest BCUT2D eigenvalue weighted by atomic mass is 16.4. The first-order valence-corrected chi connectivity index (χ1v) is 13.0. The average molecular weight is 514 g/mol. The van der Waals surface area contributed by atoms with Crippen molar-refractivity contribution in [1.82, 2.24) is 20.5 Å². The molecule has 202 valence electrons. The number of carboxylic acids is 1. The van der Waals surface area contributed by atoms with Gasteiger partial charge in [-0.3, -0.25) is 14.4 Å². The maximum absolute atomic E-state index is 13.5. The van der Waals surface area contributed by atoms with E-state index in [2.05, 4.69) is 15.6 Å². The van der Waals surface area contributed by atoms with Crippen LogP contribution in [0.4, 0.5) is 0 Å². The number of carboxylic acid groups (broad SMARTS) is 1. The molecule has 1 aromatic carbocycles. The minimum absolute atomic E-state index is 0.243. The summed E-state index contributed by atoms with van der Waals surface area (Å²) in [6, 6.07) is 4.21. The predicted molar refractivity (Wildman–Crippen MR) is 141 cm³/mol. The van der Waals surface area contributed by atoms with Crippen LogP contribution in [0.3, 0.4) is 0 Å². The molecule has 1 aliphatic rings. The number of carbonyl (C=O) groups excluding carboxylic acids is 3. The van der Waals surface area contributed by atoms with Crippen LogP contribution in [0.1, 0.15) is 52.5 Å². The standard InChI is InChI=1S/C27H39N5O5/c1-5-16(4)23(27(36)37)31-25(34)21-11-8-12-32(21)26(35)22(15(2)3)30-24(33)19(28)13-17-14-29-20-10-7-6-9-18(17)20/h6-7,9-10,14-16,19,21-23,29H,5,8,11-13,28H2,1-4H3,(H,30,33)(H,31,34)(H,36,37). The van der Waals surface area contributed by atoms with Crippen molar-refractivity contribution in [1.29, 1.82) is 0 Å². The Bertz CT molecular complexity index is 1130. The molecule has 3 amide bonds. The number of para-hydroxylation sites is 1. The van der Waals surface area contributed by atoms with Gasteiger partial charge in [-0.25, -0.2) is 4.79 Å². The Morgan fingerprint density at radius 2 is 1.84 bits per heavy atom. The van der Waals surface area contributed by atoms with Gasteiger partial charge in [-0.15, -0.1) is 0 Å². The summed E-state index contributed by atoms with van der Waals surface area (Å²) in [6.45, 7) is 7.63. The van der Waals surface area contributed by atoms with E-state index >= 15 is 0 Å². The number of hydrogen-bond donors (Lipinski definition) is 5. The van der Waals surface area contributed by atoms with Crippen LogP contribution >= 0.6 is 0 Å². The Balaban J connectivity index is 1.68. The topological polar surface area (TPSA) is 158 Å². The number of likely N-dealkylation sites (tertiary alicyclic amines) is 1. The van der Waals surface area contributed by atoms with Crippen molar-refractivity contribution in [2.24, 2.45) is 17.6 Å². The number of nitrogens with one attached hydrogen (secondary N) is 3. The molecule has 1 aliphatic heterocycles. The van der Waals surface area contributed by atoms with Crippen LogP contribution < -0.4 is 16.4 Å². The van der Waals surface area contributed by atoms with Gasteiger partial charge in [-0.2, -0.15) is 0 Å². The summed E-state index contributed by atoms with van der Waals surface area (Å²) < 4.78 is 0. The Hall–Kier alpha value is -3.40. The highest BCUT2D eigenvalue weighted by Gasteiger charge is 2.40. The van der Waals surface area contributed by atoms with Gasteiger partial charge < -0.3 is 31.4 Å². The van der Waals surface area contributed by atoms with E-state index in [-0.39, 0.29) is 17.7 Å². The molecule has 0 bridgehead atoms. The van der Waals surface area contributed by atoms with Crippen LogP contribution in [0.2, 0.25) is 0 Å². The average Bonchev–Trinajstić information content (AvgIpc) is 3.52. The van der Waals surface area contributed by atoms with E-state index in [9.17, 15) is 24.3 Å². The molecule has 1 fully saturated rings. The molecule has 1 aromatic heterocycles. The second-order valence-electron chi connectivity index (χ2n) is 10.3. The summed E-state index contributed by atoms with van der Waals surface area (Å²) in [4.78, 5) is 55.9. The third-order valence-corrected chi connectivity index (χ3v) is 7.30. The molecular weight excluding hydrogens is 474 g/mol. The van der Waals surface area contributed by atoms with Crippen molar-refractivity contribution >= 4 is 34.6 Å². The van der Waals surface area contributed by atoms with Gasteiger partial charge in [0.15, 0.2) is 0 Å². The normalized spacial score (nSPS) is 18.9. The second-order valence-corrected chi connectivity index (χ2v) is 10.3. The van der Waals surface area contributed by atoms with E-state index in [4.69, 9.17) is 5.73 Å². The largest absolute Gasteiger partial charge is 0.480 e. The first-order chi connectivity index (χ1) is 17.5. The number of aliphatic carboxylic acids is 1. The Labute approximate surface area is 217 Å². The summed E-state index contributed by atoms with van der Waals surface area (Å²) >= 11 is 0. The second kappa shape index (κ2) is 12.2. The first kappa shape index (κ1) is 28.2. The molecule has 0 aliphatic carbocycles. The van der Waals surface area contributed by atoms with Crippen LogP contribution in [0.5, 0.6) is 0 Å². The Morgan fingerprint density at radius 3 is 2.49 bits per heavy atom. The van der Waals surface area contributed by atoms with E-state index in [0.29, 0.717) is 32.2 Å². The molecule has 3 rings (SSSR count). The number of amides is 3. The lowest BCUT2D eigenvalue weighted by atomic mass is 9.98. The monoisotopic (exact) mass is 513 g/mol. The molecule has 10 nitrogen and oxygen atoms in total. The molecule has 2 heterocycles. The minimum Gasteiger partial charge on any atom is -0.480 e. The van der Waals surface area contributed by atoms with E-state index in [0.717, 1.165) is 16.5 Å². The first-order valence-electron chi connectivity index (χ1n) is 13.0. The maximum Gasteiger partial charge on any atom is 0.326 e. The van der Waals surface area contributed by atoms with Gasteiger partial charge in [0.1, 0.15) is 18.1 Å². The van der Waals surface area contributed by atoms with Gasteiger partial charge in [-0.05, 0) is 42.7 Å². The number of aromatic amines is 1. The van der Waals surface area contributed by atoms with Crippen LogP contribution in [-0.4, -0.2) is 69.4 Å². The Morgan fingerprint density at radius 1 is 1.14 bits per heavy atom.